The molecule has 2 aromatic rings. The number of unbranched alkanes of at least 4 members (excludes halogenated alkanes) is 2. The molecule has 1 saturated heterocycles. The fraction of sp³-hybridized carbons (Fsp3) is 0.552. The number of anilines is 1. The number of aromatic nitrogens is 2. The van der Waals surface area contributed by atoms with Gasteiger partial charge in [-0.2, -0.15) is 4.73 Å². The van der Waals surface area contributed by atoms with E-state index in [0.29, 0.717) is 18.9 Å². The van der Waals surface area contributed by atoms with E-state index < -0.39 is 47.3 Å². The average Bonchev–Trinajstić information content (AvgIpc) is 3.45. The summed E-state index contributed by atoms with van der Waals surface area (Å²) in [7, 11) is 0. The second-order valence-electron chi connectivity index (χ2n) is 11.4. The third-order valence-corrected chi connectivity index (χ3v) is 7.11. The number of amides is 5. The molecule has 0 aromatic carbocycles. The van der Waals surface area contributed by atoms with Crippen molar-refractivity contribution in [2.75, 3.05) is 25.1 Å². The van der Waals surface area contributed by atoms with Crippen LogP contribution in [-0.2, 0) is 20.9 Å². The van der Waals surface area contributed by atoms with Crippen molar-refractivity contribution in [3.05, 3.63) is 39.3 Å². The van der Waals surface area contributed by atoms with Crippen molar-refractivity contribution >= 4 is 46.1 Å². The van der Waals surface area contributed by atoms with Crippen LogP contribution in [-0.4, -0.2) is 76.8 Å². The Labute approximate surface area is 270 Å². The number of thiazole rings is 1. The highest BCUT2D eigenvalue weighted by molar-refractivity contribution is 7.14. The summed E-state index contributed by atoms with van der Waals surface area (Å²) in [5.74, 6) is -1.17. The lowest BCUT2D eigenvalue weighted by Gasteiger charge is -2.37. The van der Waals surface area contributed by atoms with Crippen LogP contribution in [0.1, 0.15) is 71.7 Å². The molecule has 46 heavy (non-hydrogen) atoms. The summed E-state index contributed by atoms with van der Waals surface area (Å²) in [4.78, 5) is 71.8. The number of rotatable bonds is 16. The minimum atomic E-state index is -0.997. The number of pyridine rings is 1. The number of carbonyl (C=O) groups is 4. The Morgan fingerprint density at radius 2 is 1.83 bits per heavy atom. The van der Waals surface area contributed by atoms with Gasteiger partial charge in [0.05, 0.1) is 31.1 Å². The van der Waals surface area contributed by atoms with Crippen molar-refractivity contribution in [1.82, 2.24) is 31.0 Å². The SMILES string of the molecule is CCCCOc1cn(OCCCC)c(CNC(=O)NC[C@H]2NC(=O)[C@H]2NC(=O)C(=N)c2csc(NC(=O)OC(C)(C)C)n2)cc1=O. The third kappa shape index (κ3) is 10.7. The first-order valence-corrected chi connectivity index (χ1v) is 15.9. The Morgan fingerprint density at radius 1 is 1.11 bits per heavy atom. The van der Waals surface area contributed by atoms with E-state index in [2.05, 4.69) is 31.6 Å². The number of hydrogen-bond donors (Lipinski definition) is 6. The maximum atomic E-state index is 12.7. The number of carbonyl (C=O) groups excluding carboxylic acids is 4. The van der Waals surface area contributed by atoms with Gasteiger partial charge in [-0.25, -0.2) is 14.6 Å². The highest BCUT2D eigenvalue weighted by atomic mass is 32.1. The first-order chi connectivity index (χ1) is 21.8. The fourth-order valence-electron chi connectivity index (χ4n) is 3.91. The molecule has 2 aromatic heterocycles. The van der Waals surface area contributed by atoms with E-state index in [9.17, 15) is 24.0 Å². The van der Waals surface area contributed by atoms with E-state index in [4.69, 9.17) is 19.7 Å². The molecule has 3 rings (SSSR count). The van der Waals surface area contributed by atoms with Gasteiger partial charge in [0.15, 0.2) is 10.9 Å². The lowest BCUT2D eigenvalue weighted by Crippen LogP contribution is -2.72. The van der Waals surface area contributed by atoms with Crippen LogP contribution < -0.4 is 41.6 Å². The van der Waals surface area contributed by atoms with Crippen LogP contribution in [0, 0.1) is 5.41 Å². The molecule has 17 heteroatoms. The Bertz CT molecular complexity index is 1470. The maximum Gasteiger partial charge on any atom is 0.413 e. The normalized spacial score (nSPS) is 15.5. The number of nitrogens with zero attached hydrogens (tertiary/aromatic N) is 2. The molecule has 0 saturated carbocycles. The Hall–Kier alpha value is -4.67. The van der Waals surface area contributed by atoms with Crippen LogP contribution in [0.25, 0.3) is 0 Å². The molecule has 3 heterocycles. The van der Waals surface area contributed by atoms with Gasteiger partial charge in [-0.1, -0.05) is 26.7 Å². The minimum absolute atomic E-state index is 0.0000437. The molecule has 252 valence electrons. The molecule has 1 aliphatic rings. The summed E-state index contributed by atoms with van der Waals surface area (Å²) < 4.78 is 12.2. The van der Waals surface area contributed by atoms with Crippen LogP contribution in [0.2, 0.25) is 0 Å². The quantitative estimate of drug-likeness (QED) is 0.0878. The van der Waals surface area contributed by atoms with E-state index in [1.54, 1.807) is 20.8 Å². The van der Waals surface area contributed by atoms with E-state index in [1.807, 2.05) is 13.8 Å². The first kappa shape index (κ1) is 35.8. The van der Waals surface area contributed by atoms with Gasteiger partial charge in [0.1, 0.15) is 29.7 Å². The standard InChI is InChI=1S/C29H42N8O8S/c1-6-8-10-43-21-15-37(44-11-9-7-2)17(12-20(21)38)13-31-26(41)32-14-18-23(25(40)33-18)35-24(39)22(30)19-16-46-27(34-19)36-28(42)45-29(3,4)5/h12,15-16,18,23,30H,6-11,13-14H2,1-5H3,(H,33,40)(H,35,39)(H2,31,32,41)(H,34,36,42)/t18-,23+/m1/s1. The van der Waals surface area contributed by atoms with Crippen LogP contribution in [0.3, 0.4) is 0 Å². The van der Waals surface area contributed by atoms with Crippen molar-refractivity contribution < 1.29 is 33.5 Å². The van der Waals surface area contributed by atoms with Gasteiger partial charge in [0.2, 0.25) is 11.3 Å². The van der Waals surface area contributed by atoms with E-state index >= 15 is 0 Å². The molecule has 0 radical (unpaired) electrons. The largest absolute Gasteiger partial charge is 0.488 e. The summed E-state index contributed by atoms with van der Waals surface area (Å²) in [5, 5.41) is 22.5. The van der Waals surface area contributed by atoms with Crippen molar-refractivity contribution in [2.45, 2.75) is 84.5 Å². The second kappa shape index (κ2) is 16.6. The molecular formula is C29H42N8O8S. The zero-order valence-electron chi connectivity index (χ0n) is 26.6. The molecule has 2 atom stereocenters. The zero-order chi connectivity index (χ0) is 33.9. The van der Waals surface area contributed by atoms with Crippen LogP contribution >= 0.6 is 11.3 Å². The predicted octanol–water partition coefficient (Wildman–Crippen LogP) is 1.91. The minimum Gasteiger partial charge on any atom is -0.488 e. The van der Waals surface area contributed by atoms with Crippen LogP contribution in [0.4, 0.5) is 14.7 Å². The summed E-state index contributed by atoms with van der Waals surface area (Å²) in [5.41, 5.74) is -1.15. The smallest absolute Gasteiger partial charge is 0.413 e. The Kier molecular flexibility index (Phi) is 12.9. The molecule has 1 aliphatic heterocycles. The first-order valence-electron chi connectivity index (χ1n) is 15.0. The summed E-state index contributed by atoms with van der Waals surface area (Å²) in [6.07, 6.45) is 4.18. The monoisotopic (exact) mass is 662 g/mol. The number of hydrogen-bond acceptors (Lipinski definition) is 11. The number of urea groups is 1. The number of nitrogens with one attached hydrogen (secondary N) is 6. The number of ether oxygens (including phenoxy) is 2. The van der Waals surface area contributed by atoms with E-state index in [1.165, 1.54) is 22.4 Å². The topological polar surface area (TPSA) is 215 Å². The highest BCUT2D eigenvalue weighted by Gasteiger charge is 2.41. The number of β-lactam (4-membered cyclic amide) rings is 1. The molecule has 16 nitrogen and oxygen atoms in total. The van der Waals surface area contributed by atoms with Gasteiger partial charge in [-0.15, -0.1) is 11.3 Å². The van der Waals surface area contributed by atoms with Gasteiger partial charge in [-0.3, -0.25) is 25.1 Å². The van der Waals surface area contributed by atoms with Crippen molar-refractivity contribution in [3.63, 3.8) is 0 Å². The molecule has 6 N–H and O–H groups in total. The van der Waals surface area contributed by atoms with Gasteiger partial charge >= 0.3 is 12.1 Å². The second-order valence-corrected chi connectivity index (χ2v) is 12.2. The highest BCUT2D eigenvalue weighted by Crippen LogP contribution is 2.18. The summed E-state index contributed by atoms with van der Waals surface area (Å²) in [6, 6.07) is -0.866. The zero-order valence-corrected chi connectivity index (χ0v) is 27.4. The van der Waals surface area contributed by atoms with Gasteiger partial charge in [0, 0.05) is 18.0 Å². The third-order valence-electron chi connectivity index (χ3n) is 6.35. The van der Waals surface area contributed by atoms with E-state index in [-0.39, 0.29) is 35.1 Å². The molecular weight excluding hydrogens is 620 g/mol. The summed E-state index contributed by atoms with van der Waals surface area (Å²) in [6.45, 7) is 9.92. The van der Waals surface area contributed by atoms with Gasteiger partial charge < -0.3 is 35.6 Å². The predicted molar refractivity (Wildman–Crippen MR) is 170 cm³/mol. The van der Waals surface area contributed by atoms with Crippen molar-refractivity contribution in [1.29, 1.82) is 5.41 Å². The molecule has 0 spiro atoms. The molecule has 0 aliphatic carbocycles. The van der Waals surface area contributed by atoms with Gasteiger partial charge in [-0.05, 0) is 33.6 Å². The molecule has 1 fully saturated rings. The molecule has 0 unspecified atom stereocenters. The van der Waals surface area contributed by atoms with Crippen molar-refractivity contribution in [3.8, 4) is 5.75 Å². The maximum absolute atomic E-state index is 12.7. The van der Waals surface area contributed by atoms with Crippen LogP contribution in [0.15, 0.2) is 22.4 Å². The van der Waals surface area contributed by atoms with Crippen molar-refractivity contribution in [2.24, 2.45) is 0 Å². The summed E-state index contributed by atoms with van der Waals surface area (Å²) >= 11 is 1.00. The van der Waals surface area contributed by atoms with E-state index in [0.717, 1.165) is 37.0 Å². The Balaban J connectivity index is 1.51. The average molecular weight is 663 g/mol. The van der Waals surface area contributed by atoms with Crippen LogP contribution in [0.5, 0.6) is 5.75 Å². The lowest BCUT2D eigenvalue weighted by molar-refractivity contribution is -0.134. The molecule has 5 amide bonds. The Morgan fingerprint density at radius 3 is 2.50 bits per heavy atom. The fourth-order valence-corrected chi connectivity index (χ4v) is 4.60. The molecule has 0 bridgehead atoms. The lowest BCUT2D eigenvalue weighted by atomic mass is 9.98. The van der Waals surface area contributed by atoms with Gasteiger partial charge in [0.25, 0.3) is 5.91 Å².